The monoisotopic (exact) mass is 401 g/mol. The van der Waals surface area contributed by atoms with Crippen molar-refractivity contribution in [2.24, 2.45) is 0 Å². The second-order valence-corrected chi connectivity index (χ2v) is 7.88. The molecule has 1 amide bonds. The van der Waals surface area contributed by atoms with Gasteiger partial charge in [0.25, 0.3) is 5.91 Å². The molecule has 10 heteroatoms. The van der Waals surface area contributed by atoms with Crippen LogP contribution in [-0.4, -0.2) is 54.7 Å². The molecule has 1 saturated heterocycles. The van der Waals surface area contributed by atoms with Gasteiger partial charge in [-0.3, -0.25) is 4.79 Å². The van der Waals surface area contributed by atoms with Crippen molar-refractivity contribution in [3.8, 4) is 0 Å². The maximum absolute atomic E-state index is 13.8. The Labute approximate surface area is 154 Å². The minimum absolute atomic E-state index is 0.0688. The van der Waals surface area contributed by atoms with Crippen molar-refractivity contribution in [3.63, 3.8) is 0 Å². The summed E-state index contributed by atoms with van der Waals surface area (Å²) in [5.41, 5.74) is 0.335. The van der Waals surface area contributed by atoms with Crippen LogP contribution in [0.25, 0.3) is 0 Å². The van der Waals surface area contributed by atoms with Crippen LogP contribution >= 0.6 is 11.6 Å². The molecule has 0 saturated carbocycles. The van der Waals surface area contributed by atoms with E-state index in [9.17, 15) is 22.0 Å². The maximum Gasteiger partial charge on any atom is 0.254 e. The lowest BCUT2D eigenvalue weighted by Gasteiger charge is -2.34. The van der Waals surface area contributed by atoms with Gasteiger partial charge in [0.15, 0.2) is 4.90 Å². The first-order valence-corrected chi connectivity index (χ1v) is 9.47. The van der Waals surface area contributed by atoms with Gasteiger partial charge in [0.1, 0.15) is 16.8 Å². The summed E-state index contributed by atoms with van der Waals surface area (Å²) in [5, 5.41) is 0.173. The number of halogens is 3. The van der Waals surface area contributed by atoms with E-state index in [1.165, 1.54) is 23.2 Å². The zero-order chi connectivity index (χ0) is 18.9. The van der Waals surface area contributed by atoms with Crippen molar-refractivity contribution in [1.82, 2.24) is 14.2 Å². The molecule has 1 aromatic carbocycles. The fraction of sp³-hybridized carbons (Fsp3) is 0.250. The molecule has 1 aliphatic rings. The predicted molar refractivity (Wildman–Crippen MR) is 90.3 cm³/mol. The van der Waals surface area contributed by atoms with Gasteiger partial charge in [-0.2, -0.15) is 4.31 Å². The average molecular weight is 402 g/mol. The summed E-state index contributed by atoms with van der Waals surface area (Å²) in [4.78, 5) is 16.7. The number of nitrogens with zero attached hydrogens (tertiary/aromatic N) is 3. The van der Waals surface area contributed by atoms with Gasteiger partial charge < -0.3 is 4.90 Å². The number of hydrogen-bond donors (Lipinski definition) is 0. The van der Waals surface area contributed by atoms with Crippen molar-refractivity contribution in [2.75, 3.05) is 26.2 Å². The number of sulfonamides is 1. The Morgan fingerprint density at radius 1 is 1.08 bits per heavy atom. The van der Waals surface area contributed by atoms with Crippen LogP contribution < -0.4 is 0 Å². The first-order chi connectivity index (χ1) is 12.3. The average Bonchev–Trinajstić information content (AvgIpc) is 2.61. The third-order valence-corrected chi connectivity index (χ3v) is 6.17. The second kappa shape index (κ2) is 7.26. The molecule has 2 heterocycles. The van der Waals surface area contributed by atoms with Gasteiger partial charge in [0.2, 0.25) is 10.0 Å². The summed E-state index contributed by atoms with van der Waals surface area (Å²) >= 11 is 5.77. The summed E-state index contributed by atoms with van der Waals surface area (Å²) in [5.74, 6) is -2.60. The third kappa shape index (κ3) is 3.55. The van der Waals surface area contributed by atoms with E-state index >= 15 is 0 Å². The lowest BCUT2D eigenvalue weighted by atomic mass is 10.2. The Hall–Kier alpha value is -2.10. The minimum Gasteiger partial charge on any atom is -0.336 e. The fourth-order valence-corrected chi connectivity index (χ4v) is 4.41. The first kappa shape index (κ1) is 18.7. The van der Waals surface area contributed by atoms with Crippen LogP contribution in [0.2, 0.25) is 5.15 Å². The summed E-state index contributed by atoms with van der Waals surface area (Å²) in [6.45, 7) is 0.0451. The van der Waals surface area contributed by atoms with E-state index in [1.54, 1.807) is 0 Å². The molecule has 138 valence electrons. The number of amides is 1. The van der Waals surface area contributed by atoms with E-state index in [-0.39, 0.29) is 37.2 Å². The van der Waals surface area contributed by atoms with Gasteiger partial charge in [-0.15, -0.1) is 0 Å². The van der Waals surface area contributed by atoms with Crippen LogP contribution in [0, 0.1) is 11.6 Å². The smallest absolute Gasteiger partial charge is 0.254 e. The van der Waals surface area contributed by atoms with Crippen LogP contribution in [0.15, 0.2) is 41.4 Å². The number of aromatic nitrogens is 1. The number of piperazine rings is 1. The number of benzene rings is 1. The molecular formula is C16H14ClF2N3O3S. The Bertz CT molecular complexity index is 927. The molecule has 0 aliphatic carbocycles. The van der Waals surface area contributed by atoms with E-state index in [1.807, 2.05) is 0 Å². The number of carbonyl (C=O) groups is 1. The van der Waals surface area contributed by atoms with Crippen LogP contribution in [0.4, 0.5) is 8.78 Å². The molecule has 0 bridgehead atoms. The highest BCUT2D eigenvalue weighted by Gasteiger charge is 2.34. The fourth-order valence-electron chi connectivity index (χ4n) is 2.71. The van der Waals surface area contributed by atoms with Crippen molar-refractivity contribution in [1.29, 1.82) is 0 Å². The Morgan fingerprint density at radius 3 is 2.27 bits per heavy atom. The summed E-state index contributed by atoms with van der Waals surface area (Å²) in [7, 11) is -4.33. The molecule has 3 rings (SSSR count). The van der Waals surface area contributed by atoms with Crippen molar-refractivity contribution >= 4 is 27.5 Å². The van der Waals surface area contributed by atoms with Gasteiger partial charge in [-0.25, -0.2) is 22.2 Å². The van der Waals surface area contributed by atoms with Crippen molar-refractivity contribution in [2.45, 2.75) is 4.90 Å². The molecule has 0 radical (unpaired) electrons. The van der Waals surface area contributed by atoms with Gasteiger partial charge in [0.05, 0.1) is 0 Å². The number of rotatable bonds is 3. The summed E-state index contributed by atoms with van der Waals surface area (Å²) in [6, 6.07) is 5.81. The molecule has 6 nitrogen and oxygen atoms in total. The molecule has 26 heavy (non-hydrogen) atoms. The molecule has 1 fully saturated rings. The zero-order valence-electron chi connectivity index (χ0n) is 13.4. The van der Waals surface area contributed by atoms with Crippen molar-refractivity contribution in [3.05, 3.63) is 58.9 Å². The summed E-state index contributed by atoms with van der Waals surface area (Å²) in [6.07, 6.45) is 1.40. The molecule has 2 aromatic rings. The summed E-state index contributed by atoms with van der Waals surface area (Å²) < 4.78 is 53.7. The normalized spacial score (nSPS) is 15.9. The quantitative estimate of drug-likeness (QED) is 0.739. The molecule has 0 atom stereocenters. The van der Waals surface area contributed by atoms with Crippen LogP contribution in [0.3, 0.4) is 0 Å². The third-order valence-electron chi connectivity index (χ3n) is 4.02. The largest absolute Gasteiger partial charge is 0.336 e. The van der Waals surface area contributed by atoms with Gasteiger partial charge in [-0.1, -0.05) is 17.7 Å². The van der Waals surface area contributed by atoms with E-state index in [2.05, 4.69) is 4.98 Å². The SMILES string of the molecule is O=C(c1ccnc(Cl)c1)N1CCN(S(=O)(=O)c2c(F)cccc2F)CC1. The molecular weight excluding hydrogens is 388 g/mol. The number of carbonyl (C=O) groups excluding carboxylic acids is 1. The second-order valence-electron chi connectivity index (χ2n) is 5.61. The van der Waals surface area contributed by atoms with Crippen LogP contribution in [-0.2, 0) is 10.0 Å². The van der Waals surface area contributed by atoms with E-state index in [0.29, 0.717) is 5.56 Å². The Balaban J connectivity index is 1.75. The zero-order valence-corrected chi connectivity index (χ0v) is 15.0. The predicted octanol–water partition coefficient (Wildman–Crippen LogP) is 2.16. The lowest BCUT2D eigenvalue weighted by Crippen LogP contribution is -2.50. The van der Waals surface area contributed by atoms with Crippen LogP contribution in [0.5, 0.6) is 0 Å². The first-order valence-electron chi connectivity index (χ1n) is 7.65. The van der Waals surface area contributed by atoms with Crippen molar-refractivity contribution < 1.29 is 22.0 Å². The highest BCUT2D eigenvalue weighted by molar-refractivity contribution is 7.89. The van der Waals surface area contributed by atoms with Gasteiger partial charge in [-0.05, 0) is 24.3 Å². The Morgan fingerprint density at radius 2 is 1.69 bits per heavy atom. The van der Waals surface area contributed by atoms with E-state index < -0.39 is 26.6 Å². The van der Waals surface area contributed by atoms with E-state index in [0.717, 1.165) is 22.5 Å². The highest BCUT2D eigenvalue weighted by atomic mass is 35.5. The molecule has 1 aromatic heterocycles. The molecule has 0 unspecified atom stereocenters. The highest BCUT2D eigenvalue weighted by Crippen LogP contribution is 2.24. The maximum atomic E-state index is 13.8. The Kier molecular flexibility index (Phi) is 5.22. The standard InChI is InChI=1S/C16H14ClF2N3O3S/c17-14-10-11(4-5-20-14)16(23)21-6-8-22(9-7-21)26(24,25)15-12(18)2-1-3-13(15)19/h1-5,10H,6-9H2. The van der Waals surface area contributed by atoms with Gasteiger partial charge >= 0.3 is 0 Å². The number of hydrogen-bond acceptors (Lipinski definition) is 4. The molecule has 0 N–H and O–H groups in total. The van der Waals surface area contributed by atoms with Gasteiger partial charge in [0, 0.05) is 37.9 Å². The lowest BCUT2D eigenvalue weighted by molar-refractivity contribution is 0.0697. The van der Waals surface area contributed by atoms with Crippen LogP contribution in [0.1, 0.15) is 10.4 Å². The minimum atomic E-state index is -4.33. The topological polar surface area (TPSA) is 70.6 Å². The molecule has 0 spiro atoms. The molecule has 1 aliphatic heterocycles. The van der Waals surface area contributed by atoms with E-state index in [4.69, 9.17) is 11.6 Å². The number of pyridine rings is 1.